The van der Waals surface area contributed by atoms with E-state index in [1.807, 2.05) is 24.3 Å². The molecule has 2 N–H and O–H groups in total. The SMILES string of the molecule is Cc1ccc(-c2nnc(Cl)c3ccccc23)cc1S(=O)(=O)NC(C)(C)CO. The number of hydrogen-bond donors (Lipinski definition) is 2. The number of aromatic nitrogens is 2. The molecule has 2 aromatic carbocycles. The summed E-state index contributed by atoms with van der Waals surface area (Å²) >= 11 is 6.13. The van der Waals surface area contributed by atoms with E-state index in [2.05, 4.69) is 14.9 Å². The Bertz CT molecular complexity index is 1110. The highest BCUT2D eigenvalue weighted by Crippen LogP contribution is 2.31. The number of sulfonamides is 1. The molecule has 0 radical (unpaired) electrons. The monoisotopic (exact) mass is 405 g/mol. The largest absolute Gasteiger partial charge is 0.394 e. The van der Waals surface area contributed by atoms with E-state index in [9.17, 15) is 13.5 Å². The predicted molar refractivity (Wildman–Crippen MR) is 106 cm³/mol. The second kappa shape index (κ2) is 7.16. The number of aryl methyl sites for hydroxylation is 1. The molecule has 3 rings (SSSR count). The number of halogens is 1. The van der Waals surface area contributed by atoms with Crippen molar-refractivity contribution in [2.45, 2.75) is 31.2 Å². The van der Waals surface area contributed by atoms with Crippen LogP contribution in [0, 0.1) is 6.92 Å². The van der Waals surface area contributed by atoms with Gasteiger partial charge in [-0.2, -0.15) is 0 Å². The van der Waals surface area contributed by atoms with Gasteiger partial charge in [0.25, 0.3) is 0 Å². The Balaban J connectivity index is 2.17. The number of fused-ring (bicyclic) bond motifs is 1. The maximum absolute atomic E-state index is 12.8. The first-order valence-corrected chi connectivity index (χ1v) is 10.2. The van der Waals surface area contributed by atoms with Crippen LogP contribution in [-0.4, -0.2) is 35.9 Å². The summed E-state index contributed by atoms with van der Waals surface area (Å²) in [4.78, 5) is 0.127. The molecule has 0 saturated heterocycles. The van der Waals surface area contributed by atoms with E-state index in [0.717, 1.165) is 10.8 Å². The highest BCUT2D eigenvalue weighted by Gasteiger charge is 2.27. The predicted octanol–water partition coefficient (Wildman–Crippen LogP) is 3.31. The molecule has 1 heterocycles. The second-order valence-corrected chi connectivity index (χ2v) is 9.02. The molecule has 27 heavy (non-hydrogen) atoms. The molecular weight excluding hydrogens is 386 g/mol. The minimum Gasteiger partial charge on any atom is -0.394 e. The minimum absolute atomic E-state index is 0.127. The lowest BCUT2D eigenvalue weighted by atomic mass is 10.0. The number of aliphatic hydroxyl groups excluding tert-OH is 1. The Morgan fingerprint density at radius 3 is 2.44 bits per heavy atom. The highest BCUT2D eigenvalue weighted by molar-refractivity contribution is 7.89. The zero-order valence-corrected chi connectivity index (χ0v) is 16.8. The summed E-state index contributed by atoms with van der Waals surface area (Å²) in [5.41, 5.74) is 0.774. The number of nitrogens with one attached hydrogen (secondary N) is 1. The maximum Gasteiger partial charge on any atom is 0.241 e. The summed E-state index contributed by atoms with van der Waals surface area (Å²) in [5, 5.41) is 19.4. The molecule has 0 atom stereocenters. The van der Waals surface area contributed by atoms with Gasteiger partial charge >= 0.3 is 0 Å². The van der Waals surface area contributed by atoms with Crippen LogP contribution in [0.3, 0.4) is 0 Å². The lowest BCUT2D eigenvalue weighted by Crippen LogP contribution is -2.46. The van der Waals surface area contributed by atoms with E-state index < -0.39 is 15.6 Å². The van der Waals surface area contributed by atoms with E-state index in [1.165, 1.54) is 0 Å². The van der Waals surface area contributed by atoms with Crippen molar-refractivity contribution >= 4 is 32.4 Å². The maximum atomic E-state index is 12.8. The van der Waals surface area contributed by atoms with Gasteiger partial charge in [-0.05, 0) is 32.4 Å². The Kier molecular flexibility index (Phi) is 5.22. The number of benzene rings is 2. The molecule has 6 nitrogen and oxygen atoms in total. The van der Waals surface area contributed by atoms with E-state index in [-0.39, 0.29) is 11.5 Å². The molecule has 0 aliphatic rings. The van der Waals surface area contributed by atoms with Gasteiger partial charge in [0.15, 0.2) is 5.15 Å². The molecule has 0 unspecified atom stereocenters. The third kappa shape index (κ3) is 3.96. The number of rotatable bonds is 5. The molecule has 1 aromatic heterocycles. The summed E-state index contributed by atoms with van der Waals surface area (Å²) < 4.78 is 28.2. The van der Waals surface area contributed by atoms with Gasteiger partial charge in [0.1, 0.15) is 5.69 Å². The quantitative estimate of drug-likeness (QED) is 0.679. The number of aliphatic hydroxyl groups is 1. The number of nitrogens with zero attached hydrogens (tertiary/aromatic N) is 2. The average molecular weight is 406 g/mol. The van der Waals surface area contributed by atoms with Crippen molar-refractivity contribution in [3.8, 4) is 11.3 Å². The molecule has 3 aromatic rings. The fraction of sp³-hybridized carbons (Fsp3) is 0.263. The summed E-state index contributed by atoms with van der Waals surface area (Å²) in [7, 11) is -3.84. The molecule has 8 heteroatoms. The van der Waals surface area contributed by atoms with Crippen molar-refractivity contribution in [1.82, 2.24) is 14.9 Å². The molecular formula is C19H20ClN3O3S. The second-order valence-electron chi connectivity index (χ2n) is 7.01. The van der Waals surface area contributed by atoms with Crippen LogP contribution in [-0.2, 0) is 10.0 Å². The lowest BCUT2D eigenvalue weighted by Gasteiger charge is -2.24. The van der Waals surface area contributed by atoms with Crippen LogP contribution in [0.5, 0.6) is 0 Å². The average Bonchev–Trinajstić information content (AvgIpc) is 2.62. The normalized spacial score (nSPS) is 12.5. The minimum atomic E-state index is -3.84. The Labute approximate surface area is 163 Å². The molecule has 142 valence electrons. The Morgan fingerprint density at radius 2 is 1.78 bits per heavy atom. The van der Waals surface area contributed by atoms with Crippen molar-refractivity contribution in [3.63, 3.8) is 0 Å². The van der Waals surface area contributed by atoms with Gasteiger partial charge in [-0.15, -0.1) is 10.2 Å². The molecule has 0 amide bonds. The number of hydrogen-bond acceptors (Lipinski definition) is 5. The van der Waals surface area contributed by atoms with Gasteiger partial charge in [-0.3, -0.25) is 0 Å². The third-order valence-corrected chi connectivity index (χ3v) is 6.32. The fourth-order valence-corrected chi connectivity index (χ4v) is 4.65. The van der Waals surface area contributed by atoms with Gasteiger partial charge in [0.05, 0.1) is 17.0 Å². The van der Waals surface area contributed by atoms with Crippen LogP contribution < -0.4 is 4.72 Å². The van der Waals surface area contributed by atoms with Crippen LogP contribution in [0.25, 0.3) is 22.0 Å². The van der Waals surface area contributed by atoms with E-state index in [1.54, 1.807) is 39.0 Å². The van der Waals surface area contributed by atoms with Gasteiger partial charge in [-0.25, -0.2) is 13.1 Å². The van der Waals surface area contributed by atoms with E-state index >= 15 is 0 Å². The van der Waals surface area contributed by atoms with Crippen LogP contribution in [0.2, 0.25) is 5.15 Å². The molecule has 0 fully saturated rings. The van der Waals surface area contributed by atoms with Crippen LogP contribution in [0.1, 0.15) is 19.4 Å². The van der Waals surface area contributed by atoms with Crippen LogP contribution in [0.15, 0.2) is 47.4 Å². The first-order valence-electron chi connectivity index (χ1n) is 8.31. The van der Waals surface area contributed by atoms with Crippen molar-refractivity contribution < 1.29 is 13.5 Å². The van der Waals surface area contributed by atoms with E-state index in [0.29, 0.717) is 22.0 Å². The summed E-state index contributed by atoms with van der Waals surface area (Å²) in [6.07, 6.45) is 0. The summed E-state index contributed by atoms with van der Waals surface area (Å²) in [6, 6.07) is 12.5. The van der Waals surface area contributed by atoms with Gasteiger partial charge in [0, 0.05) is 16.3 Å². The van der Waals surface area contributed by atoms with Crippen LogP contribution in [0.4, 0.5) is 0 Å². The molecule has 0 aliphatic carbocycles. The van der Waals surface area contributed by atoms with Crippen molar-refractivity contribution in [2.24, 2.45) is 0 Å². The van der Waals surface area contributed by atoms with Crippen molar-refractivity contribution in [1.29, 1.82) is 0 Å². The standard InChI is InChI=1S/C19H20ClN3O3S/c1-12-8-9-13(10-16(12)27(25,26)23-19(2,3)11-24)17-14-6-4-5-7-15(14)18(20)22-21-17/h4-10,23-24H,11H2,1-3H3. The molecule has 0 aliphatic heterocycles. The topological polar surface area (TPSA) is 92.2 Å². The van der Waals surface area contributed by atoms with Crippen molar-refractivity contribution in [3.05, 3.63) is 53.2 Å². The lowest BCUT2D eigenvalue weighted by molar-refractivity contribution is 0.208. The fourth-order valence-electron chi connectivity index (χ4n) is 2.77. The van der Waals surface area contributed by atoms with Gasteiger partial charge < -0.3 is 5.11 Å². The zero-order chi connectivity index (χ0) is 19.8. The van der Waals surface area contributed by atoms with Crippen LogP contribution >= 0.6 is 11.6 Å². The van der Waals surface area contributed by atoms with Gasteiger partial charge in [0.2, 0.25) is 10.0 Å². The first kappa shape index (κ1) is 19.7. The zero-order valence-electron chi connectivity index (χ0n) is 15.2. The van der Waals surface area contributed by atoms with E-state index in [4.69, 9.17) is 11.6 Å². The Morgan fingerprint density at radius 1 is 1.11 bits per heavy atom. The Hall–Kier alpha value is -2.06. The third-order valence-electron chi connectivity index (χ3n) is 4.20. The molecule has 0 bridgehead atoms. The summed E-state index contributed by atoms with van der Waals surface area (Å²) in [6.45, 7) is 4.62. The molecule has 0 saturated carbocycles. The van der Waals surface area contributed by atoms with Gasteiger partial charge in [-0.1, -0.05) is 48.0 Å². The smallest absolute Gasteiger partial charge is 0.241 e. The van der Waals surface area contributed by atoms with Crippen molar-refractivity contribution in [2.75, 3.05) is 6.61 Å². The summed E-state index contributed by atoms with van der Waals surface area (Å²) in [5.74, 6) is 0. The first-order chi connectivity index (χ1) is 12.6. The highest BCUT2D eigenvalue weighted by atomic mass is 35.5. The molecule has 0 spiro atoms.